The summed E-state index contributed by atoms with van der Waals surface area (Å²) in [5.74, 6) is -0.165. The summed E-state index contributed by atoms with van der Waals surface area (Å²) in [4.78, 5) is 27.1. The Morgan fingerprint density at radius 2 is 1.74 bits per heavy atom. The molecule has 0 saturated heterocycles. The van der Waals surface area contributed by atoms with Gasteiger partial charge in [-0.2, -0.15) is 0 Å². The molecule has 140 valence electrons. The van der Waals surface area contributed by atoms with Crippen LogP contribution in [0.3, 0.4) is 0 Å². The molecule has 1 aromatic heterocycles. The Hall–Kier alpha value is -2.79. The van der Waals surface area contributed by atoms with Crippen molar-refractivity contribution in [3.05, 3.63) is 70.9 Å². The summed E-state index contributed by atoms with van der Waals surface area (Å²) in [6.07, 6.45) is 3.75. The van der Waals surface area contributed by atoms with Crippen LogP contribution < -0.4 is 10.6 Å². The van der Waals surface area contributed by atoms with Gasteiger partial charge in [-0.15, -0.1) is 0 Å². The standard InChI is InChI=1S/C21H22ClN3O2/c22-17-9-7-15(8-10-17)21(27)24-12-3-6-20(26)23-13-11-16-14-25-19-5-2-1-4-18(16)19/h1-2,4-5,7-10,14,25H,3,6,11-13H2,(H,23,26)(H,24,27). The van der Waals surface area contributed by atoms with Crippen molar-refractivity contribution in [2.75, 3.05) is 13.1 Å². The number of rotatable bonds is 8. The third kappa shape index (κ3) is 5.34. The van der Waals surface area contributed by atoms with Crippen LogP contribution >= 0.6 is 11.6 Å². The van der Waals surface area contributed by atoms with Gasteiger partial charge in [-0.05, 0) is 48.7 Å². The van der Waals surface area contributed by atoms with E-state index in [0.29, 0.717) is 36.5 Å². The molecule has 0 aliphatic heterocycles. The fourth-order valence-corrected chi connectivity index (χ4v) is 3.04. The first-order valence-corrected chi connectivity index (χ1v) is 9.37. The third-order valence-electron chi connectivity index (χ3n) is 4.36. The molecule has 2 amide bonds. The zero-order chi connectivity index (χ0) is 19.1. The minimum atomic E-state index is -0.161. The summed E-state index contributed by atoms with van der Waals surface area (Å²) in [6, 6.07) is 14.8. The fourth-order valence-electron chi connectivity index (χ4n) is 2.92. The normalized spacial score (nSPS) is 10.7. The van der Waals surface area contributed by atoms with E-state index in [4.69, 9.17) is 11.6 Å². The van der Waals surface area contributed by atoms with Crippen LogP contribution in [0, 0.1) is 0 Å². The molecule has 0 spiro atoms. The van der Waals surface area contributed by atoms with Gasteiger partial charge >= 0.3 is 0 Å². The maximum atomic E-state index is 12.0. The van der Waals surface area contributed by atoms with Crippen LogP contribution in [0.5, 0.6) is 0 Å². The molecule has 3 aromatic rings. The lowest BCUT2D eigenvalue weighted by atomic mass is 10.1. The van der Waals surface area contributed by atoms with E-state index in [0.717, 1.165) is 11.9 Å². The van der Waals surface area contributed by atoms with Crippen molar-refractivity contribution in [1.82, 2.24) is 15.6 Å². The second-order valence-electron chi connectivity index (χ2n) is 6.33. The highest BCUT2D eigenvalue weighted by atomic mass is 35.5. The monoisotopic (exact) mass is 383 g/mol. The Morgan fingerprint density at radius 3 is 2.56 bits per heavy atom. The maximum Gasteiger partial charge on any atom is 0.251 e. The van der Waals surface area contributed by atoms with Crippen LogP contribution in [0.15, 0.2) is 54.7 Å². The summed E-state index contributed by atoms with van der Waals surface area (Å²) in [5.41, 5.74) is 2.86. The number of para-hydroxylation sites is 1. The lowest BCUT2D eigenvalue weighted by molar-refractivity contribution is -0.121. The van der Waals surface area contributed by atoms with Crippen LogP contribution in [0.25, 0.3) is 10.9 Å². The van der Waals surface area contributed by atoms with E-state index >= 15 is 0 Å². The zero-order valence-corrected chi connectivity index (χ0v) is 15.7. The molecule has 27 heavy (non-hydrogen) atoms. The van der Waals surface area contributed by atoms with Gasteiger partial charge in [-0.3, -0.25) is 9.59 Å². The largest absolute Gasteiger partial charge is 0.361 e. The average Bonchev–Trinajstić information content (AvgIpc) is 3.09. The molecule has 6 heteroatoms. The smallest absolute Gasteiger partial charge is 0.251 e. The van der Waals surface area contributed by atoms with E-state index in [2.05, 4.69) is 21.7 Å². The molecule has 0 saturated carbocycles. The van der Waals surface area contributed by atoms with Crippen LogP contribution in [0.1, 0.15) is 28.8 Å². The first-order chi connectivity index (χ1) is 13.1. The van der Waals surface area contributed by atoms with E-state index in [1.807, 2.05) is 24.4 Å². The molecule has 0 unspecified atom stereocenters. The molecular weight excluding hydrogens is 362 g/mol. The quantitative estimate of drug-likeness (QED) is 0.519. The Kier molecular flexibility index (Phi) is 6.49. The van der Waals surface area contributed by atoms with E-state index in [-0.39, 0.29) is 11.8 Å². The topological polar surface area (TPSA) is 74.0 Å². The molecule has 0 radical (unpaired) electrons. The van der Waals surface area contributed by atoms with E-state index in [1.54, 1.807) is 24.3 Å². The van der Waals surface area contributed by atoms with Crippen molar-refractivity contribution in [2.24, 2.45) is 0 Å². The number of aromatic nitrogens is 1. The second kappa shape index (κ2) is 9.24. The van der Waals surface area contributed by atoms with Gasteiger partial charge in [0.2, 0.25) is 5.91 Å². The van der Waals surface area contributed by atoms with E-state index < -0.39 is 0 Å². The molecule has 5 nitrogen and oxygen atoms in total. The summed E-state index contributed by atoms with van der Waals surface area (Å²) in [7, 11) is 0. The first kappa shape index (κ1) is 19.0. The molecule has 2 aromatic carbocycles. The summed E-state index contributed by atoms with van der Waals surface area (Å²) < 4.78 is 0. The van der Waals surface area contributed by atoms with Crippen molar-refractivity contribution in [3.63, 3.8) is 0 Å². The van der Waals surface area contributed by atoms with Crippen molar-refractivity contribution < 1.29 is 9.59 Å². The van der Waals surface area contributed by atoms with Crippen molar-refractivity contribution >= 4 is 34.3 Å². The first-order valence-electron chi connectivity index (χ1n) is 8.99. The number of benzene rings is 2. The summed E-state index contributed by atoms with van der Waals surface area (Å²) in [6.45, 7) is 1.05. The highest BCUT2D eigenvalue weighted by Gasteiger charge is 2.07. The lowest BCUT2D eigenvalue weighted by Crippen LogP contribution is -2.28. The minimum Gasteiger partial charge on any atom is -0.361 e. The molecule has 0 aliphatic carbocycles. The Balaban J connectivity index is 1.33. The molecule has 0 fully saturated rings. The molecule has 3 rings (SSSR count). The highest BCUT2D eigenvalue weighted by Crippen LogP contribution is 2.17. The van der Waals surface area contributed by atoms with Crippen molar-refractivity contribution in [2.45, 2.75) is 19.3 Å². The number of H-pyrrole nitrogens is 1. The third-order valence-corrected chi connectivity index (χ3v) is 4.62. The van der Waals surface area contributed by atoms with Crippen molar-refractivity contribution in [3.8, 4) is 0 Å². The van der Waals surface area contributed by atoms with Crippen LogP contribution in [0.4, 0.5) is 0 Å². The van der Waals surface area contributed by atoms with Crippen LogP contribution in [-0.2, 0) is 11.2 Å². The number of hydrogen-bond donors (Lipinski definition) is 3. The predicted octanol–water partition coefficient (Wildman–Crippen LogP) is 3.69. The van der Waals surface area contributed by atoms with Crippen LogP contribution in [-0.4, -0.2) is 29.9 Å². The van der Waals surface area contributed by atoms with Crippen molar-refractivity contribution in [1.29, 1.82) is 0 Å². The molecule has 3 N–H and O–H groups in total. The van der Waals surface area contributed by atoms with Gasteiger partial charge in [0.15, 0.2) is 0 Å². The lowest BCUT2D eigenvalue weighted by Gasteiger charge is -2.07. The maximum absolute atomic E-state index is 12.0. The number of aromatic amines is 1. The van der Waals surface area contributed by atoms with Gasteiger partial charge in [0.05, 0.1) is 0 Å². The van der Waals surface area contributed by atoms with Gasteiger partial charge < -0.3 is 15.6 Å². The van der Waals surface area contributed by atoms with Gasteiger partial charge in [0, 0.05) is 47.2 Å². The van der Waals surface area contributed by atoms with Gasteiger partial charge in [-0.1, -0.05) is 29.8 Å². The molecular formula is C21H22ClN3O2. The number of halogens is 1. The number of hydrogen-bond acceptors (Lipinski definition) is 2. The number of carbonyl (C=O) groups is 2. The number of nitrogens with one attached hydrogen (secondary N) is 3. The zero-order valence-electron chi connectivity index (χ0n) is 14.9. The Bertz CT molecular complexity index is 919. The minimum absolute atomic E-state index is 0.00409. The van der Waals surface area contributed by atoms with E-state index in [9.17, 15) is 9.59 Å². The number of fused-ring (bicyclic) bond motifs is 1. The summed E-state index contributed by atoms with van der Waals surface area (Å²) >= 11 is 5.80. The Morgan fingerprint density at radius 1 is 0.963 bits per heavy atom. The highest BCUT2D eigenvalue weighted by molar-refractivity contribution is 6.30. The van der Waals surface area contributed by atoms with Gasteiger partial charge in [0.25, 0.3) is 5.91 Å². The van der Waals surface area contributed by atoms with Gasteiger partial charge in [0.1, 0.15) is 0 Å². The molecule has 0 atom stereocenters. The fraction of sp³-hybridized carbons (Fsp3) is 0.238. The van der Waals surface area contributed by atoms with Gasteiger partial charge in [-0.25, -0.2) is 0 Å². The van der Waals surface area contributed by atoms with Crippen LogP contribution in [0.2, 0.25) is 5.02 Å². The predicted molar refractivity (Wildman–Crippen MR) is 108 cm³/mol. The average molecular weight is 384 g/mol. The Labute approximate surface area is 163 Å². The second-order valence-corrected chi connectivity index (χ2v) is 6.76. The molecule has 0 aliphatic rings. The van der Waals surface area contributed by atoms with E-state index in [1.165, 1.54) is 10.9 Å². The molecule has 1 heterocycles. The summed E-state index contributed by atoms with van der Waals surface area (Å²) in [5, 5.41) is 7.52. The molecule has 0 bridgehead atoms. The number of amides is 2. The SMILES string of the molecule is O=C(CCCNC(=O)c1ccc(Cl)cc1)NCCc1c[nH]c2ccccc12. The number of carbonyl (C=O) groups excluding carboxylic acids is 2.